The fourth-order valence-corrected chi connectivity index (χ4v) is 3.10. The lowest BCUT2D eigenvalue weighted by atomic mass is 10.2. The number of hydrogen-bond acceptors (Lipinski definition) is 5. The second-order valence-corrected chi connectivity index (χ2v) is 6.60. The molecule has 0 radical (unpaired) electrons. The third-order valence-electron chi connectivity index (χ3n) is 3.24. The molecule has 0 aliphatic carbocycles. The fourth-order valence-electron chi connectivity index (χ4n) is 2.06. The van der Waals surface area contributed by atoms with Crippen LogP contribution in [0.25, 0.3) is 11.1 Å². The lowest BCUT2D eigenvalue weighted by Crippen LogP contribution is -2.10. The predicted octanol–water partition coefficient (Wildman–Crippen LogP) is 3.60. The zero-order chi connectivity index (χ0) is 15.7. The number of fused-ring (bicyclic) bond motifs is 1. The maximum absolute atomic E-state index is 12.3. The SMILES string of the molecule is Cc1ccc(S(=O)(=O)O[C@@H](C)c2nc3ccccc3o2)cc1. The summed E-state index contributed by atoms with van der Waals surface area (Å²) < 4.78 is 35.2. The van der Waals surface area contributed by atoms with Crippen LogP contribution < -0.4 is 0 Å². The largest absolute Gasteiger partial charge is 0.438 e. The second-order valence-electron chi connectivity index (χ2n) is 5.03. The van der Waals surface area contributed by atoms with E-state index in [1.165, 1.54) is 12.1 Å². The van der Waals surface area contributed by atoms with Crippen molar-refractivity contribution in [3.63, 3.8) is 0 Å². The molecule has 0 unspecified atom stereocenters. The van der Waals surface area contributed by atoms with Crippen molar-refractivity contribution in [1.82, 2.24) is 4.98 Å². The molecule has 1 aromatic heterocycles. The van der Waals surface area contributed by atoms with Gasteiger partial charge in [0, 0.05) is 0 Å². The Morgan fingerprint density at radius 1 is 1.09 bits per heavy atom. The highest BCUT2D eigenvalue weighted by Crippen LogP contribution is 2.26. The van der Waals surface area contributed by atoms with Crippen molar-refractivity contribution in [2.24, 2.45) is 0 Å². The molecule has 2 aromatic carbocycles. The van der Waals surface area contributed by atoms with Crippen LogP contribution in [0.4, 0.5) is 0 Å². The minimum Gasteiger partial charge on any atom is -0.438 e. The Kier molecular flexibility index (Phi) is 3.72. The highest BCUT2D eigenvalue weighted by molar-refractivity contribution is 7.86. The van der Waals surface area contributed by atoms with E-state index in [9.17, 15) is 8.42 Å². The Balaban J connectivity index is 1.86. The molecule has 0 bridgehead atoms. The summed E-state index contributed by atoms with van der Waals surface area (Å²) >= 11 is 0. The first-order valence-corrected chi connectivity index (χ1v) is 8.22. The third-order valence-corrected chi connectivity index (χ3v) is 4.63. The van der Waals surface area contributed by atoms with Crippen LogP contribution in [0, 0.1) is 6.92 Å². The topological polar surface area (TPSA) is 69.4 Å². The third kappa shape index (κ3) is 2.88. The number of aryl methyl sites for hydroxylation is 1. The molecule has 0 aliphatic heterocycles. The summed E-state index contributed by atoms with van der Waals surface area (Å²) in [5.41, 5.74) is 2.24. The first kappa shape index (κ1) is 14.7. The molecule has 6 heteroatoms. The number of aromatic nitrogens is 1. The summed E-state index contributed by atoms with van der Waals surface area (Å²) in [6.07, 6.45) is -0.807. The maximum atomic E-state index is 12.3. The standard InChI is InChI=1S/C16H15NO4S/c1-11-7-9-13(10-8-11)22(18,19)21-12(2)16-17-14-5-3-4-6-15(14)20-16/h3-10,12H,1-2H3/t12-/m0/s1. The van der Waals surface area contributed by atoms with Gasteiger partial charge in [0.15, 0.2) is 11.7 Å². The van der Waals surface area contributed by atoms with Gasteiger partial charge in [0.1, 0.15) is 5.52 Å². The first-order chi connectivity index (χ1) is 10.5. The maximum Gasteiger partial charge on any atom is 0.297 e. The lowest BCUT2D eigenvalue weighted by molar-refractivity contribution is 0.199. The van der Waals surface area contributed by atoms with Gasteiger partial charge in [-0.15, -0.1) is 0 Å². The van der Waals surface area contributed by atoms with Crippen molar-refractivity contribution < 1.29 is 17.0 Å². The minimum atomic E-state index is -3.86. The molecular formula is C16H15NO4S. The zero-order valence-corrected chi connectivity index (χ0v) is 13.0. The molecule has 0 fully saturated rings. The summed E-state index contributed by atoms with van der Waals surface area (Å²) in [5.74, 6) is 0.233. The number of benzene rings is 2. The molecule has 0 N–H and O–H groups in total. The van der Waals surface area contributed by atoms with E-state index in [0.29, 0.717) is 11.1 Å². The highest BCUT2D eigenvalue weighted by atomic mass is 32.2. The molecular weight excluding hydrogens is 302 g/mol. The smallest absolute Gasteiger partial charge is 0.297 e. The molecule has 0 amide bonds. The molecule has 114 valence electrons. The van der Waals surface area contributed by atoms with Crippen LogP contribution >= 0.6 is 0 Å². The number of nitrogens with zero attached hydrogens (tertiary/aromatic N) is 1. The Morgan fingerprint density at radius 2 is 1.77 bits per heavy atom. The van der Waals surface area contributed by atoms with E-state index in [2.05, 4.69) is 4.98 Å². The average molecular weight is 317 g/mol. The summed E-state index contributed by atoms with van der Waals surface area (Å²) in [7, 11) is -3.86. The van der Waals surface area contributed by atoms with Gasteiger partial charge in [0.2, 0.25) is 5.89 Å². The Morgan fingerprint density at radius 3 is 2.45 bits per heavy atom. The summed E-state index contributed by atoms with van der Waals surface area (Å²) in [6.45, 7) is 3.48. The molecule has 3 rings (SSSR count). The van der Waals surface area contributed by atoms with E-state index in [1.54, 1.807) is 31.2 Å². The Bertz CT molecular complexity index is 864. The Labute approximate surface area is 128 Å². The average Bonchev–Trinajstić information content (AvgIpc) is 2.91. The van der Waals surface area contributed by atoms with Gasteiger partial charge in [0.25, 0.3) is 10.1 Å². The molecule has 0 spiro atoms. The van der Waals surface area contributed by atoms with Crippen LogP contribution in [0.2, 0.25) is 0 Å². The van der Waals surface area contributed by atoms with Gasteiger partial charge in [-0.2, -0.15) is 8.42 Å². The molecule has 1 atom stereocenters. The van der Waals surface area contributed by atoms with Crippen molar-refractivity contribution in [1.29, 1.82) is 0 Å². The van der Waals surface area contributed by atoms with E-state index in [1.807, 2.05) is 19.1 Å². The van der Waals surface area contributed by atoms with Crippen LogP contribution in [0.3, 0.4) is 0 Å². The van der Waals surface area contributed by atoms with Crippen molar-refractivity contribution in [3.8, 4) is 0 Å². The number of para-hydroxylation sites is 2. The van der Waals surface area contributed by atoms with Crippen LogP contribution in [0.5, 0.6) is 0 Å². The molecule has 0 saturated carbocycles. The monoisotopic (exact) mass is 317 g/mol. The summed E-state index contributed by atoms with van der Waals surface area (Å²) in [6, 6.07) is 13.7. The van der Waals surface area contributed by atoms with E-state index < -0.39 is 16.2 Å². The van der Waals surface area contributed by atoms with Gasteiger partial charge in [-0.3, -0.25) is 4.18 Å². The van der Waals surface area contributed by atoms with Crippen LogP contribution in [-0.4, -0.2) is 13.4 Å². The van der Waals surface area contributed by atoms with E-state index in [-0.39, 0.29) is 10.8 Å². The first-order valence-electron chi connectivity index (χ1n) is 6.81. The van der Waals surface area contributed by atoms with Crippen molar-refractivity contribution in [2.45, 2.75) is 24.8 Å². The van der Waals surface area contributed by atoms with Gasteiger partial charge < -0.3 is 4.42 Å². The summed E-state index contributed by atoms with van der Waals surface area (Å²) in [5, 5.41) is 0. The molecule has 0 saturated heterocycles. The van der Waals surface area contributed by atoms with Gasteiger partial charge >= 0.3 is 0 Å². The highest BCUT2D eigenvalue weighted by Gasteiger charge is 2.23. The fraction of sp³-hybridized carbons (Fsp3) is 0.188. The van der Waals surface area contributed by atoms with Gasteiger partial charge in [-0.1, -0.05) is 29.8 Å². The van der Waals surface area contributed by atoms with E-state index in [0.717, 1.165) is 5.56 Å². The van der Waals surface area contributed by atoms with Crippen LogP contribution in [0.15, 0.2) is 57.8 Å². The van der Waals surface area contributed by atoms with Crippen molar-refractivity contribution in [3.05, 3.63) is 60.0 Å². The minimum absolute atomic E-state index is 0.112. The van der Waals surface area contributed by atoms with Gasteiger partial charge in [-0.05, 0) is 38.1 Å². The lowest BCUT2D eigenvalue weighted by Gasteiger charge is -2.10. The predicted molar refractivity (Wildman–Crippen MR) is 81.9 cm³/mol. The number of hydrogen-bond donors (Lipinski definition) is 0. The van der Waals surface area contributed by atoms with Crippen LogP contribution in [0.1, 0.15) is 24.5 Å². The summed E-state index contributed by atoms with van der Waals surface area (Å²) in [4.78, 5) is 4.36. The second kappa shape index (κ2) is 5.55. The molecule has 0 aliphatic rings. The Hall–Kier alpha value is -2.18. The van der Waals surface area contributed by atoms with Gasteiger partial charge in [0.05, 0.1) is 4.90 Å². The number of rotatable bonds is 4. The number of oxazole rings is 1. The van der Waals surface area contributed by atoms with Crippen LogP contribution in [-0.2, 0) is 14.3 Å². The van der Waals surface area contributed by atoms with Crippen molar-refractivity contribution in [2.75, 3.05) is 0 Å². The van der Waals surface area contributed by atoms with E-state index in [4.69, 9.17) is 8.60 Å². The van der Waals surface area contributed by atoms with Crippen molar-refractivity contribution >= 4 is 21.2 Å². The molecule has 3 aromatic rings. The van der Waals surface area contributed by atoms with E-state index >= 15 is 0 Å². The molecule has 1 heterocycles. The van der Waals surface area contributed by atoms with Gasteiger partial charge in [-0.25, -0.2) is 4.98 Å². The normalized spacial score (nSPS) is 13.4. The molecule has 22 heavy (non-hydrogen) atoms. The quantitative estimate of drug-likeness (QED) is 0.688. The molecule has 5 nitrogen and oxygen atoms in total. The zero-order valence-electron chi connectivity index (χ0n) is 12.2.